The van der Waals surface area contributed by atoms with Crippen molar-refractivity contribution in [1.29, 1.82) is 0 Å². The number of fused-ring (bicyclic) bond motifs is 1. The highest BCUT2D eigenvalue weighted by molar-refractivity contribution is 9.10. The van der Waals surface area contributed by atoms with Crippen molar-refractivity contribution < 1.29 is 9.59 Å². The van der Waals surface area contributed by atoms with Crippen molar-refractivity contribution in [2.24, 2.45) is 0 Å². The Morgan fingerprint density at radius 1 is 1.42 bits per heavy atom. The maximum absolute atomic E-state index is 11.9. The maximum atomic E-state index is 11.9. The Kier molecular flexibility index (Phi) is 2.89. The summed E-state index contributed by atoms with van der Waals surface area (Å²) in [4.78, 5) is 23.1. The van der Waals surface area contributed by atoms with Gasteiger partial charge in [-0.25, -0.2) is 0 Å². The zero-order valence-corrected chi connectivity index (χ0v) is 11.9. The summed E-state index contributed by atoms with van der Waals surface area (Å²) in [6.07, 6.45) is 0.845. The van der Waals surface area contributed by atoms with E-state index in [0.29, 0.717) is 12.8 Å². The molecule has 1 aliphatic rings. The highest BCUT2D eigenvalue weighted by atomic mass is 79.9. The molecule has 2 amide bonds. The summed E-state index contributed by atoms with van der Waals surface area (Å²) in [5.74, 6) is -0.490. The van der Waals surface area contributed by atoms with E-state index in [1.54, 1.807) is 4.68 Å². The molecule has 0 spiro atoms. The van der Waals surface area contributed by atoms with Crippen molar-refractivity contribution in [2.45, 2.75) is 25.8 Å². The van der Waals surface area contributed by atoms with Gasteiger partial charge in [0.05, 0.1) is 11.2 Å². The number of amides is 2. The first kappa shape index (κ1) is 12.3. The molecule has 98 valence electrons. The molecule has 1 saturated heterocycles. The minimum absolute atomic E-state index is 0.212. The lowest BCUT2D eigenvalue weighted by molar-refractivity contribution is -0.135. The number of hydrogen-bond acceptors (Lipinski definition) is 3. The summed E-state index contributed by atoms with van der Waals surface area (Å²) < 4.78 is 2.66. The van der Waals surface area contributed by atoms with Crippen LogP contribution in [0.15, 0.2) is 22.7 Å². The number of halogens is 1. The molecule has 0 saturated carbocycles. The molecule has 0 aliphatic carbocycles. The normalized spacial score (nSPS) is 19.8. The molecular weight excluding hydrogens is 310 g/mol. The Morgan fingerprint density at radius 2 is 2.21 bits per heavy atom. The molecular formula is C13H12BrN3O2. The zero-order valence-electron chi connectivity index (χ0n) is 10.3. The Hall–Kier alpha value is -1.69. The Morgan fingerprint density at radius 3 is 2.95 bits per heavy atom. The molecule has 1 aromatic heterocycles. The summed E-state index contributed by atoms with van der Waals surface area (Å²) in [6, 6.07) is 5.46. The van der Waals surface area contributed by atoms with Gasteiger partial charge in [-0.15, -0.1) is 0 Å². The average molecular weight is 322 g/mol. The third-order valence-electron chi connectivity index (χ3n) is 3.36. The molecule has 3 rings (SSSR count). The molecule has 2 heterocycles. The fourth-order valence-corrected chi connectivity index (χ4v) is 2.77. The highest BCUT2D eigenvalue weighted by Gasteiger charge is 2.30. The molecule has 0 radical (unpaired) electrons. The van der Waals surface area contributed by atoms with Crippen molar-refractivity contribution >= 4 is 38.6 Å². The largest absolute Gasteiger partial charge is 0.295 e. The minimum Gasteiger partial charge on any atom is -0.295 e. The first-order valence-corrected chi connectivity index (χ1v) is 6.83. The number of nitrogens with one attached hydrogen (secondary N) is 1. The number of nitrogens with zero attached hydrogens (tertiary/aromatic N) is 2. The summed E-state index contributed by atoms with van der Waals surface area (Å²) in [6.45, 7) is 1.92. The molecule has 5 nitrogen and oxygen atoms in total. The van der Waals surface area contributed by atoms with Crippen molar-refractivity contribution in [2.75, 3.05) is 0 Å². The minimum atomic E-state index is -0.414. The lowest BCUT2D eigenvalue weighted by Gasteiger charge is -2.21. The monoisotopic (exact) mass is 321 g/mol. The van der Waals surface area contributed by atoms with Crippen LogP contribution < -0.4 is 5.32 Å². The van der Waals surface area contributed by atoms with Crippen molar-refractivity contribution in [3.63, 3.8) is 0 Å². The number of rotatable bonds is 1. The molecule has 1 atom stereocenters. The van der Waals surface area contributed by atoms with Crippen LogP contribution in [0.5, 0.6) is 0 Å². The highest BCUT2D eigenvalue weighted by Crippen LogP contribution is 2.27. The topological polar surface area (TPSA) is 64.0 Å². The molecule has 1 aromatic carbocycles. The number of aryl methyl sites for hydroxylation is 1. The van der Waals surface area contributed by atoms with E-state index in [0.717, 1.165) is 21.1 Å². The van der Waals surface area contributed by atoms with Gasteiger partial charge in [0.2, 0.25) is 5.91 Å². The smallest absolute Gasteiger partial charge is 0.251 e. The number of piperidine rings is 1. The summed E-state index contributed by atoms with van der Waals surface area (Å²) >= 11 is 3.43. The maximum Gasteiger partial charge on any atom is 0.251 e. The van der Waals surface area contributed by atoms with Gasteiger partial charge in [-0.05, 0) is 31.5 Å². The zero-order chi connectivity index (χ0) is 13.6. The number of hydrogen-bond donors (Lipinski definition) is 1. The van der Waals surface area contributed by atoms with Crippen LogP contribution in [0.3, 0.4) is 0 Å². The molecule has 2 aromatic rings. The van der Waals surface area contributed by atoms with Gasteiger partial charge in [0, 0.05) is 16.3 Å². The van der Waals surface area contributed by atoms with E-state index in [1.807, 2.05) is 25.1 Å². The van der Waals surface area contributed by atoms with E-state index in [1.165, 1.54) is 0 Å². The summed E-state index contributed by atoms with van der Waals surface area (Å²) in [7, 11) is 0. The molecule has 1 unspecified atom stereocenters. The van der Waals surface area contributed by atoms with E-state index >= 15 is 0 Å². The van der Waals surface area contributed by atoms with Crippen LogP contribution in [0.1, 0.15) is 24.6 Å². The standard InChI is InChI=1S/C13H12BrN3O2/c1-7-9-3-2-8(14)6-11(9)17(16-7)10-4-5-12(18)15-13(10)19/h2-3,6,10H,4-5H2,1H3,(H,15,18,19). The van der Waals surface area contributed by atoms with Crippen LogP contribution >= 0.6 is 15.9 Å². The fourth-order valence-electron chi connectivity index (χ4n) is 2.42. The van der Waals surface area contributed by atoms with Gasteiger partial charge in [0.15, 0.2) is 0 Å². The summed E-state index contributed by atoms with van der Waals surface area (Å²) in [5.41, 5.74) is 1.79. The average Bonchev–Trinajstić information content (AvgIpc) is 2.66. The van der Waals surface area contributed by atoms with Crippen molar-refractivity contribution in [3.05, 3.63) is 28.4 Å². The first-order valence-electron chi connectivity index (χ1n) is 6.04. The Balaban J connectivity index is 2.12. The summed E-state index contributed by atoms with van der Waals surface area (Å²) in [5, 5.41) is 7.84. The predicted octanol–water partition coefficient (Wildman–Crippen LogP) is 2.08. The van der Waals surface area contributed by atoms with E-state index in [-0.39, 0.29) is 11.8 Å². The number of imide groups is 1. The van der Waals surface area contributed by atoms with E-state index < -0.39 is 6.04 Å². The molecule has 1 N–H and O–H groups in total. The van der Waals surface area contributed by atoms with Gasteiger partial charge in [-0.3, -0.25) is 19.6 Å². The van der Waals surface area contributed by atoms with Gasteiger partial charge in [0.1, 0.15) is 6.04 Å². The van der Waals surface area contributed by atoms with Gasteiger partial charge in [-0.2, -0.15) is 5.10 Å². The third-order valence-corrected chi connectivity index (χ3v) is 3.85. The second kappa shape index (κ2) is 4.45. The van der Waals surface area contributed by atoms with E-state index in [4.69, 9.17) is 0 Å². The lowest BCUT2D eigenvalue weighted by Crippen LogP contribution is -2.42. The third kappa shape index (κ3) is 2.06. The molecule has 1 fully saturated rings. The molecule has 19 heavy (non-hydrogen) atoms. The predicted molar refractivity (Wildman–Crippen MR) is 73.6 cm³/mol. The van der Waals surface area contributed by atoms with Crippen LogP contribution in [0, 0.1) is 6.92 Å². The van der Waals surface area contributed by atoms with Crippen LogP contribution in [0.2, 0.25) is 0 Å². The lowest BCUT2D eigenvalue weighted by atomic mass is 10.1. The van der Waals surface area contributed by atoms with Gasteiger partial charge in [-0.1, -0.05) is 15.9 Å². The van der Waals surface area contributed by atoms with E-state index in [2.05, 4.69) is 26.3 Å². The van der Waals surface area contributed by atoms with Crippen LogP contribution in [-0.4, -0.2) is 21.6 Å². The Labute approximate surface area is 118 Å². The number of carbonyl (C=O) groups is 2. The molecule has 6 heteroatoms. The second-order valence-electron chi connectivity index (χ2n) is 4.66. The van der Waals surface area contributed by atoms with Crippen LogP contribution in [-0.2, 0) is 9.59 Å². The molecule has 1 aliphatic heterocycles. The Bertz CT molecular complexity index is 692. The van der Waals surface area contributed by atoms with Crippen LogP contribution in [0.25, 0.3) is 10.9 Å². The van der Waals surface area contributed by atoms with Crippen molar-refractivity contribution in [1.82, 2.24) is 15.1 Å². The fraction of sp³-hybridized carbons (Fsp3) is 0.308. The number of benzene rings is 1. The van der Waals surface area contributed by atoms with Gasteiger partial charge >= 0.3 is 0 Å². The number of aromatic nitrogens is 2. The first-order chi connectivity index (χ1) is 9.06. The number of carbonyl (C=O) groups excluding carboxylic acids is 2. The SMILES string of the molecule is Cc1nn(C2CCC(=O)NC2=O)c2cc(Br)ccc12. The van der Waals surface area contributed by atoms with Crippen LogP contribution in [0.4, 0.5) is 0 Å². The van der Waals surface area contributed by atoms with Crippen molar-refractivity contribution in [3.8, 4) is 0 Å². The second-order valence-corrected chi connectivity index (χ2v) is 5.57. The van der Waals surface area contributed by atoms with Gasteiger partial charge < -0.3 is 0 Å². The molecule has 0 bridgehead atoms. The van der Waals surface area contributed by atoms with Gasteiger partial charge in [0.25, 0.3) is 5.91 Å². The van der Waals surface area contributed by atoms with E-state index in [9.17, 15) is 9.59 Å². The quantitative estimate of drug-likeness (QED) is 0.818.